The Labute approximate surface area is 92.8 Å². The fraction of sp³-hybridized carbons (Fsp3) is 0.500. The number of aryl methyl sites for hydroxylation is 1. The molecule has 0 aliphatic rings. The molecule has 1 atom stereocenters. The minimum absolute atomic E-state index is 0.0207. The standard InChI is InChI=1S/C10H15BrN2O/c1-7-3-8(11)5-13-10(7)4-9(12)6-14-2/h3,5,9H,4,6,12H2,1-2H3. The van der Waals surface area contributed by atoms with Crippen molar-refractivity contribution in [1.29, 1.82) is 0 Å². The summed E-state index contributed by atoms with van der Waals surface area (Å²) in [5.74, 6) is 0. The van der Waals surface area contributed by atoms with Crippen LogP contribution in [0.25, 0.3) is 0 Å². The highest BCUT2D eigenvalue weighted by atomic mass is 79.9. The van der Waals surface area contributed by atoms with E-state index >= 15 is 0 Å². The monoisotopic (exact) mass is 258 g/mol. The van der Waals surface area contributed by atoms with Crippen LogP contribution in [-0.4, -0.2) is 24.7 Å². The number of nitrogens with zero attached hydrogens (tertiary/aromatic N) is 1. The van der Waals surface area contributed by atoms with Gasteiger partial charge in [0.15, 0.2) is 0 Å². The zero-order chi connectivity index (χ0) is 10.6. The molecule has 0 saturated heterocycles. The summed E-state index contributed by atoms with van der Waals surface area (Å²) < 4.78 is 5.98. The third-order valence-electron chi connectivity index (χ3n) is 1.99. The van der Waals surface area contributed by atoms with Crippen LogP contribution in [0, 0.1) is 6.92 Å². The van der Waals surface area contributed by atoms with Crippen molar-refractivity contribution in [3.63, 3.8) is 0 Å². The van der Waals surface area contributed by atoms with Crippen molar-refractivity contribution in [2.45, 2.75) is 19.4 Å². The van der Waals surface area contributed by atoms with Crippen LogP contribution in [0.2, 0.25) is 0 Å². The summed E-state index contributed by atoms with van der Waals surface area (Å²) >= 11 is 3.37. The predicted molar refractivity (Wildman–Crippen MR) is 60.2 cm³/mol. The van der Waals surface area contributed by atoms with E-state index in [1.54, 1.807) is 13.3 Å². The number of halogens is 1. The lowest BCUT2D eigenvalue weighted by Crippen LogP contribution is -2.28. The van der Waals surface area contributed by atoms with Gasteiger partial charge in [0.25, 0.3) is 0 Å². The smallest absolute Gasteiger partial charge is 0.0617 e. The lowest BCUT2D eigenvalue weighted by molar-refractivity contribution is 0.179. The Morgan fingerprint density at radius 3 is 2.93 bits per heavy atom. The van der Waals surface area contributed by atoms with Crippen molar-refractivity contribution in [1.82, 2.24) is 4.98 Å². The summed E-state index contributed by atoms with van der Waals surface area (Å²) in [6.07, 6.45) is 2.55. The summed E-state index contributed by atoms with van der Waals surface area (Å²) in [7, 11) is 1.65. The quantitative estimate of drug-likeness (QED) is 0.894. The Morgan fingerprint density at radius 1 is 1.64 bits per heavy atom. The number of hydrogen-bond donors (Lipinski definition) is 1. The van der Waals surface area contributed by atoms with Gasteiger partial charge in [-0.2, -0.15) is 0 Å². The molecule has 1 rings (SSSR count). The van der Waals surface area contributed by atoms with Crippen LogP contribution >= 0.6 is 15.9 Å². The number of aromatic nitrogens is 1. The normalized spacial score (nSPS) is 12.9. The minimum Gasteiger partial charge on any atom is -0.383 e. The zero-order valence-corrected chi connectivity index (χ0v) is 10.0. The van der Waals surface area contributed by atoms with E-state index in [0.29, 0.717) is 6.61 Å². The largest absolute Gasteiger partial charge is 0.383 e. The maximum Gasteiger partial charge on any atom is 0.0617 e. The van der Waals surface area contributed by atoms with E-state index in [4.69, 9.17) is 10.5 Å². The molecule has 0 aliphatic heterocycles. The van der Waals surface area contributed by atoms with Crippen LogP contribution in [0.1, 0.15) is 11.3 Å². The van der Waals surface area contributed by atoms with E-state index in [0.717, 1.165) is 22.2 Å². The van der Waals surface area contributed by atoms with Crippen LogP contribution in [0.3, 0.4) is 0 Å². The molecule has 4 heteroatoms. The van der Waals surface area contributed by atoms with Gasteiger partial charge in [0.1, 0.15) is 0 Å². The van der Waals surface area contributed by atoms with Crippen LogP contribution in [-0.2, 0) is 11.2 Å². The van der Waals surface area contributed by atoms with E-state index in [9.17, 15) is 0 Å². The van der Waals surface area contributed by atoms with Crippen molar-refractivity contribution >= 4 is 15.9 Å². The molecular weight excluding hydrogens is 244 g/mol. The van der Waals surface area contributed by atoms with Crippen molar-refractivity contribution in [3.8, 4) is 0 Å². The molecule has 0 bridgehead atoms. The molecule has 0 radical (unpaired) electrons. The highest BCUT2D eigenvalue weighted by molar-refractivity contribution is 9.10. The van der Waals surface area contributed by atoms with Gasteiger partial charge in [-0.05, 0) is 34.5 Å². The molecular formula is C10H15BrN2O. The van der Waals surface area contributed by atoms with Gasteiger partial charge in [-0.15, -0.1) is 0 Å². The Hall–Kier alpha value is -0.450. The summed E-state index contributed by atoms with van der Waals surface area (Å²) in [5.41, 5.74) is 8.04. The average Bonchev–Trinajstić information content (AvgIpc) is 2.10. The Morgan fingerprint density at radius 2 is 2.36 bits per heavy atom. The molecule has 14 heavy (non-hydrogen) atoms. The second-order valence-corrected chi connectivity index (χ2v) is 4.25. The van der Waals surface area contributed by atoms with E-state index < -0.39 is 0 Å². The first-order valence-electron chi connectivity index (χ1n) is 4.49. The number of nitrogens with two attached hydrogens (primary N) is 1. The molecule has 0 amide bonds. The van der Waals surface area contributed by atoms with Gasteiger partial charge in [0.05, 0.1) is 6.61 Å². The van der Waals surface area contributed by atoms with Gasteiger partial charge in [-0.3, -0.25) is 4.98 Å². The zero-order valence-electron chi connectivity index (χ0n) is 8.46. The minimum atomic E-state index is 0.0207. The van der Waals surface area contributed by atoms with Gasteiger partial charge in [-0.1, -0.05) is 0 Å². The highest BCUT2D eigenvalue weighted by Gasteiger charge is 2.07. The average molecular weight is 259 g/mol. The summed E-state index contributed by atoms with van der Waals surface area (Å²) in [6.45, 7) is 2.60. The second kappa shape index (κ2) is 5.44. The topological polar surface area (TPSA) is 48.1 Å². The Kier molecular flexibility index (Phi) is 4.51. The summed E-state index contributed by atoms with van der Waals surface area (Å²) in [4.78, 5) is 4.32. The number of ether oxygens (including phenoxy) is 1. The molecule has 3 nitrogen and oxygen atoms in total. The van der Waals surface area contributed by atoms with Crippen molar-refractivity contribution in [2.75, 3.05) is 13.7 Å². The van der Waals surface area contributed by atoms with Gasteiger partial charge < -0.3 is 10.5 Å². The lowest BCUT2D eigenvalue weighted by Gasteiger charge is -2.11. The predicted octanol–water partition coefficient (Wildman–Crippen LogP) is 1.67. The maximum absolute atomic E-state index is 5.85. The van der Waals surface area contributed by atoms with Gasteiger partial charge in [0.2, 0.25) is 0 Å². The fourth-order valence-corrected chi connectivity index (χ4v) is 1.75. The molecule has 0 saturated carbocycles. The molecule has 0 aromatic carbocycles. The molecule has 2 N–H and O–H groups in total. The Balaban J connectivity index is 2.67. The second-order valence-electron chi connectivity index (χ2n) is 3.34. The van der Waals surface area contributed by atoms with Gasteiger partial charge in [0, 0.05) is 35.9 Å². The van der Waals surface area contributed by atoms with Gasteiger partial charge in [-0.25, -0.2) is 0 Å². The molecule has 1 heterocycles. The molecule has 1 aromatic heterocycles. The highest BCUT2D eigenvalue weighted by Crippen LogP contribution is 2.13. The van der Waals surface area contributed by atoms with Crippen molar-refractivity contribution in [3.05, 3.63) is 28.0 Å². The van der Waals surface area contributed by atoms with Crippen LogP contribution < -0.4 is 5.73 Å². The van der Waals surface area contributed by atoms with Crippen LogP contribution in [0.5, 0.6) is 0 Å². The molecule has 0 spiro atoms. The first-order chi connectivity index (χ1) is 6.63. The Bertz CT molecular complexity index is 304. The lowest BCUT2D eigenvalue weighted by atomic mass is 10.1. The molecule has 78 valence electrons. The fourth-order valence-electron chi connectivity index (χ4n) is 1.30. The first kappa shape index (κ1) is 11.6. The molecule has 1 aromatic rings. The van der Waals surface area contributed by atoms with E-state index in [2.05, 4.69) is 20.9 Å². The SMILES string of the molecule is COCC(N)Cc1ncc(Br)cc1C. The third kappa shape index (κ3) is 3.36. The maximum atomic E-state index is 5.85. The number of pyridine rings is 1. The van der Waals surface area contributed by atoms with E-state index in [1.807, 2.05) is 13.0 Å². The summed E-state index contributed by atoms with van der Waals surface area (Å²) in [5, 5.41) is 0. The van der Waals surface area contributed by atoms with Crippen LogP contribution in [0.15, 0.2) is 16.7 Å². The molecule has 1 unspecified atom stereocenters. The molecule has 0 aliphatic carbocycles. The van der Waals surface area contributed by atoms with Crippen molar-refractivity contribution in [2.24, 2.45) is 5.73 Å². The molecule has 0 fully saturated rings. The van der Waals surface area contributed by atoms with E-state index in [1.165, 1.54) is 0 Å². The number of methoxy groups -OCH3 is 1. The van der Waals surface area contributed by atoms with Gasteiger partial charge >= 0.3 is 0 Å². The third-order valence-corrected chi connectivity index (χ3v) is 2.42. The first-order valence-corrected chi connectivity index (χ1v) is 5.28. The summed E-state index contributed by atoms with van der Waals surface area (Å²) in [6, 6.07) is 2.06. The van der Waals surface area contributed by atoms with Crippen LogP contribution in [0.4, 0.5) is 0 Å². The van der Waals surface area contributed by atoms with Crippen molar-refractivity contribution < 1.29 is 4.74 Å². The number of rotatable bonds is 4. The number of hydrogen-bond acceptors (Lipinski definition) is 3. The van der Waals surface area contributed by atoms with E-state index in [-0.39, 0.29) is 6.04 Å².